The Morgan fingerprint density at radius 2 is 1.35 bits per heavy atom. The van der Waals surface area contributed by atoms with Crippen LogP contribution in [0.25, 0.3) is 0 Å². The molecule has 0 saturated carbocycles. The van der Waals surface area contributed by atoms with Gasteiger partial charge in [-0.15, -0.1) is 0 Å². The van der Waals surface area contributed by atoms with Gasteiger partial charge in [-0.3, -0.25) is 9.59 Å². The molecule has 1 saturated heterocycles. The van der Waals surface area contributed by atoms with E-state index < -0.39 is 15.9 Å². The van der Waals surface area contributed by atoms with Crippen LogP contribution >= 0.6 is 0 Å². The van der Waals surface area contributed by atoms with Gasteiger partial charge in [-0.25, -0.2) is 8.42 Å². The summed E-state index contributed by atoms with van der Waals surface area (Å²) >= 11 is 0. The Kier molecular flexibility index (Phi) is 7.67. The highest BCUT2D eigenvalue weighted by Gasteiger charge is 2.33. The van der Waals surface area contributed by atoms with E-state index in [-0.39, 0.29) is 32.0 Å². The highest BCUT2D eigenvalue weighted by atomic mass is 32.2. The number of benzene rings is 2. The summed E-state index contributed by atoms with van der Waals surface area (Å²) in [6.07, 6.45) is 0.146. The Balaban J connectivity index is 1.62. The van der Waals surface area contributed by atoms with Crippen molar-refractivity contribution < 1.29 is 22.7 Å². The number of amides is 2. The minimum Gasteiger partial charge on any atom is -0.484 e. The predicted octanol–water partition coefficient (Wildman–Crippen LogP) is 2.17. The highest BCUT2D eigenvalue weighted by Crippen LogP contribution is 2.32. The van der Waals surface area contributed by atoms with Crippen molar-refractivity contribution >= 4 is 21.8 Å². The van der Waals surface area contributed by atoms with E-state index in [1.807, 2.05) is 34.6 Å². The van der Waals surface area contributed by atoms with E-state index in [9.17, 15) is 18.0 Å². The summed E-state index contributed by atoms with van der Waals surface area (Å²) in [5, 5.41) is 0. The summed E-state index contributed by atoms with van der Waals surface area (Å²) in [5.74, 6) is -0.102. The molecule has 2 aromatic rings. The van der Waals surface area contributed by atoms with E-state index in [4.69, 9.17) is 10.5 Å². The molecule has 0 bridgehead atoms. The summed E-state index contributed by atoms with van der Waals surface area (Å²) < 4.78 is 34.0. The number of hydrogen-bond donors (Lipinski definition) is 1. The van der Waals surface area contributed by atoms with Crippen LogP contribution in [0.15, 0.2) is 29.2 Å². The SMILES string of the molecule is Cc1c(C)c(C)c(S(=O)(=O)N2CCN(C(=O)COc3ccc(CC(N)=O)cc3)CC2)c(C)c1C. The molecule has 3 rings (SSSR count). The summed E-state index contributed by atoms with van der Waals surface area (Å²) in [6, 6.07) is 6.83. The first kappa shape index (κ1) is 25.7. The molecule has 184 valence electrons. The summed E-state index contributed by atoms with van der Waals surface area (Å²) in [7, 11) is -3.67. The second-order valence-electron chi connectivity index (χ2n) is 8.81. The number of carbonyl (C=O) groups excluding carboxylic acids is 2. The standard InChI is InChI=1S/C25H33N3O5S/c1-16-17(2)19(4)25(20(5)18(16)3)34(31,32)28-12-10-27(11-13-28)24(30)15-33-22-8-6-21(7-9-22)14-23(26)29/h6-9H,10-15H2,1-5H3,(H2,26,29). The third kappa shape index (κ3) is 5.26. The van der Waals surface area contributed by atoms with Gasteiger partial charge in [0.2, 0.25) is 15.9 Å². The number of primary amides is 1. The molecule has 0 spiro atoms. The number of nitrogens with zero attached hydrogens (tertiary/aromatic N) is 2. The molecule has 2 aromatic carbocycles. The zero-order valence-corrected chi connectivity index (χ0v) is 21.3. The molecule has 1 fully saturated rings. The van der Waals surface area contributed by atoms with Gasteiger partial charge in [0.15, 0.2) is 6.61 Å². The third-order valence-corrected chi connectivity index (χ3v) is 8.96. The van der Waals surface area contributed by atoms with E-state index in [1.54, 1.807) is 29.2 Å². The van der Waals surface area contributed by atoms with Crippen LogP contribution in [0.2, 0.25) is 0 Å². The van der Waals surface area contributed by atoms with Gasteiger partial charge < -0.3 is 15.4 Å². The Labute approximate surface area is 201 Å². The lowest BCUT2D eigenvalue weighted by Gasteiger charge is -2.35. The Morgan fingerprint density at radius 1 is 0.853 bits per heavy atom. The molecule has 1 heterocycles. The van der Waals surface area contributed by atoms with E-state index >= 15 is 0 Å². The van der Waals surface area contributed by atoms with Crippen molar-refractivity contribution in [1.82, 2.24) is 9.21 Å². The fourth-order valence-corrected chi connectivity index (χ4v) is 6.28. The van der Waals surface area contributed by atoms with Crippen molar-refractivity contribution in [2.45, 2.75) is 45.9 Å². The quantitative estimate of drug-likeness (QED) is 0.644. The van der Waals surface area contributed by atoms with E-state index in [2.05, 4.69) is 0 Å². The van der Waals surface area contributed by atoms with Crippen molar-refractivity contribution in [2.75, 3.05) is 32.8 Å². The molecule has 0 atom stereocenters. The minimum absolute atomic E-state index is 0.142. The van der Waals surface area contributed by atoms with Crippen molar-refractivity contribution in [3.05, 3.63) is 57.6 Å². The minimum atomic E-state index is -3.67. The number of rotatable bonds is 7. The molecule has 0 aliphatic carbocycles. The van der Waals surface area contributed by atoms with E-state index in [0.717, 1.165) is 33.4 Å². The molecule has 2 N–H and O–H groups in total. The van der Waals surface area contributed by atoms with Gasteiger partial charge in [0, 0.05) is 26.2 Å². The van der Waals surface area contributed by atoms with E-state index in [0.29, 0.717) is 23.7 Å². The average Bonchev–Trinajstić information content (AvgIpc) is 2.80. The van der Waals surface area contributed by atoms with Crippen LogP contribution in [0, 0.1) is 34.6 Å². The molecule has 1 aliphatic heterocycles. The highest BCUT2D eigenvalue weighted by molar-refractivity contribution is 7.89. The van der Waals surface area contributed by atoms with Crippen LogP contribution in [0.4, 0.5) is 0 Å². The first-order valence-electron chi connectivity index (χ1n) is 11.3. The number of nitrogens with two attached hydrogens (primary N) is 1. The summed E-state index contributed by atoms with van der Waals surface area (Å²) in [5.41, 5.74) is 10.6. The van der Waals surface area contributed by atoms with Gasteiger partial charge >= 0.3 is 0 Å². The van der Waals surface area contributed by atoms with Gasteiger partial charge in [-0.05, 0) is 80.1 Å². The van der Waals surface area contributed by atoms with Gasteiger partial charge in [0.25, 0.3) is 5.91 Å². The average molecular weight is 488 g/mol. The largest absolute Gasteiger partial charge is 0.484 e. The molecule has 34 heavy (non-hydrogen) atoms. The zero-order chi connectivity index (χ0) is 25.2. The molecule has 2 amide bonds. The molecule has 8 nitrogen and oxygen atoms in total. The first-order valence-corrected chi connectivity index (χ1v) is 12.7. The molecule has 0 aromatic heterocycles. The fraction of sp³-hybridized carbons (Fsp3) is 0.440. The van der Waals surface area contributed by atoms with Crippen LogP contribution in [-0.4, -0.2) is 62.2 Å². The third-order valence-electron chi connectivity index (χ3n) is 6.78. The summed E-state index contributed by atoms with van der Waals surface area (Å²) in [4.78, 5) is 25.6. The van der Waals surface area contributed by atoms with Gasteiger partial charge in [0.05, 0.1) is 11.3 Å². The molecule has 1 aliphatic rings. The van der Waals surface area contributed by atoms with Crippen molar-refractivity contribution in [2.24, 2.45) is 5.73 Å². The zero-order valence-electron chi connectivity index (χ0n) is 20.5. The monoisotopic (exact) mass is 487 g/mol. The smallest absolute Gasteiger partial charge is 0.260 e. The second-order valence-corrected chi connectivity index (χ2v) is 10.7. The lowest BCUT2D eigenvalue weighted by molar-refractivity contribution is -0.134. The Morgan fingerprint density at radius 3 is 1.85 bits per heavy atom. The van der Waals surface area contributed by atoms with Crippen LogP contribution < -0.4 is 10.5 Å². The van der Waals surface area contributed by atoms with Crippen LogP contribution in [0.3, 0.4) is 0 Å². The van der Waals surface area contributed by atoms with Gasteiger partial charge in [-0.1, -0.05) is 12.1 Å². The van der Waals surface area contributed by atoms with Crippen molar-refractivity contribution in [1.29, 1.82) is 0 Å². The predicted molar refractivity (Wildman–Crippen MR) is 130 cm³/mol. The first-order chi connectivity index (χ1) is 15.9. The van der Waals surface area contributed by atoms with Crippen LogP contribution in [-0.2, 0) is 26.0 Å². The van der Waals surface area contributed by atoms with Crippen molar-refractivity contribution in [3.63, 3.8) is 0 Å². The molecular weight excluding hydrogens is 454 g/mol. The number of piperazine rings is 1. The molecule has 9 heteroatoms. The summed E-state index contributed by atoms with van der Waals surface area (Å²) in [6.45, 7) is 10.6. The lowest BCUT2D eigenvalue weighted by atomic mass is 9.95. The van der Waals surface area contributed by atoms with Crippen LogP contribution in [0.1, 0.15) is 33.4 Å². The maximum Gasteiger partial charge on any atom is 0.260 e. The van der Waals surface area contributed by atoms with Crippen LogP contribution in [0.5, 0.6) is 5.75 Å². The topological polar surface area (TPSA) is 110 Å². The normalized spacial score (nSPS) is 14.8. The number of carbonyl (C=O) groups is 2. The number of sulfonamides is 1. The van der Waals surface area contributed by atoms with Crippen molar-refractivity contribution in [3.8, 4) is 5.75 Å². The molecule has 0 unspecified atom stereocenters. The molecular formula is C25H33N3O5S. The van der Waals surface area contributed by atoms with Gasteiger partial charge in [-0.2, -0.15) is 4.31 Å². The van der Waals surface area contributed by atoms with E-state index in [1.165, 1.54) is 4.31 Å². The fourth-order valence-electron chi connectivity index (χ4n) is 4.30. The lowest BCUT2D eigenvalue weighted by Crippen LogP contribution is -2.51. The Bertz CT molecular complexity index is 1170. The second kappa shape index (κ2) is 10.1. The molecule has 0 radical (unpaired) electrons. The number of ether oxygens (including phenoxy) is 1. The maximum atomic E-state index is 13.5. The maximum absolute atomic E-state index is 13.5. The number of hydrogen-bond acceptors (Lipinski definition) is 5. The van der Waals surface area contributed by atoms with Gasteiger partial charge in [0.1, 0.15) is 5.75 Å². The Hall–Kier alpha value is -2.91.